The monoisotopic (exact) mass is 369 g/mol. The molecule has 28 heavy (non-hydrogen) atoms. The maximum atomic E-state index is 4.45. The molecular weight excluding hydrogens is 342 g/mol. The molecule has 2 aromatic carbocycles. The van der Waals surface area contributed by atoms with Gasteiger partial charge in [-0.1, -0.05) is 42.5 Å². The SMILES string of the molecule is CN(C)c1ccc(C=Cc2ccnc(C=Cc3ccc(N(C)C)cc3)c2)cc1. The molecule has 0 N–H and O–H groups in total. The van der Waals surface area contributed by atoms with Crippen molar-refractivity contribution >= 4 is 35.7 Å². The van der Waals surface area contributed by atoms with Crippen LogP contribution in [0, 0.1) is 0 Å². The Morgan fingerprint density at radius 1 is 0.571 bits per heavy atom. The van der Waals surface area contributed by atoms with E-state index in [1.54, 1.807) is 0 Å². The van der Waals surface area contributed by atoms with E-state index in [4.69, 9.17) is 0 Å². The summed E-state index contributed by atoms with van der Waals surface area (Å²) in [5.74, 6) is 0. The number of benzene rings is 2. The molecule has 0 fully saturated rings. The van der Waals surface area contributed by atoms with Gasteiger partial charge in [-0.3, -0.25) is 4.98 Å². The molecule has 1 aromatic heterocycles. The lowest BCUT2D eigenvalue weighted by Gasteiger charge is -2.11. The Labute approximate surface area is 168 Å². The second-order valence-corrected chi connectivity index (χ2v) is 7.15. The van der Waals surface area contributed by atoms with Gasteiger partial charge < -0.3 is 9.80 Å². The first-order valence-electron chi connectivity index (χ1n) is 9.38. The standard InChI is InChI=1S/C25H27N3/c1-27(2)24-13-8-20(9-14-24)5-6-22-17-18-26-23(19-22)12-7-21-10-15-25(16-11-21)28(3)4/h5-19H,1-4H3. The molecular formula is C25H27N3. The summed E-state index contributed by atoms with van der Waals surface area (Å²) in [5.41, 5.74) is 6.82. The molecule has 3 rings (SSSR count). The number of hydrogen-bond acceptors (Lipinski definition) is 3. The molecule has 3 heteroatoms. The van der Waals surface area contributed by atoms with E-state index in [-0.39, 0.29) is 0 Å². The molecule has 0 saturated carbocycles. The van der Waals surface area contributed by atoms with Gasteiger partial charge in [0.25, 0.3) is 0 Å². The highest BCUT2D eigenvalue weighted by Crippen LogP contribution is 2.16. The van der Waals surface area contributed by atoms with Crippen molar-refractivity contribution in [1.82, 2.24) is 4.98 Å². The molecule has 3 nitrogen and oxygen atoms in total. The van der Waals surface area contributed by atoms with Crippen molar-refractivity contribution < 1.29 is 0 Å². The first-order chi connectivity index (χ1) is 13.5. The summed E-state index contributed by atoms with van der Waals surface area (Å²) >= 11 is 0. The maximum Gasteiger partial charge on any atom is 0.0635 e. The number of anilines is 2. The Hall–Kier alpha value is -3.33. The fourth-order valence-corrected chi connectivity index (χ4v) is 2.80. The summed E-state index contributed by atoms with van der Waals surface area (Å²) in [7, 11) is 8.19. The molecule has 0 saturated heterocycles. The third-order valence-corrected chi connectivity index (χ3v) is 4.54. The third kappa shape index (κ3) is 5.34. The minimum absolute atomic E-state index is 0.946. The molecule has 0 unspecified atom stereocenters. The molecule has 142 valence electrons. The van der Waals surface area contributed by atoms with Crippen LogP contribution in [0.25, 0.3) is 24.3 Å². The number of nitrogens with zero attached hydrogens (tertiary/aromatic N) is 3. The molecule has 1 heterocycles. The molecule has 0 aliphatic heterocycles. The fraction of sp³-hybridized carbons (Fsp3) is 0.160. The Balaban J connectivity index is 1.69. The molecule has 3 aromatic rings. The predicted molar refractivity (Wildman–Crippen MR) is 124 cm³/mol. The van der Waals surface area contributed by atoms with Gasteiger partial charge >= 0.3 is 0 Å². The first-order valence-corrected chi connectivity index (χ1v) is 9.38. The molecule has 0 amide bonds. The highest BCUT2D eigenvalue weighted by atomic mass is 15.1. The van der Waals surface area contributed by atoms with Crippen molar-refractivity contribution in [2.45, 2.75) is 0 Å². The minimum Gasteiger partial charge on any atom is -0.378 e. The van der Waals surface area contributed by atoms with Crippen molar-refractivity contribution in [3.05, 3.63) is 89.2 Å². The van der Waals surface area contributed by atoms with Crippen LogP contribution in [0.5, 0.6) is 0 Å². The van der Waals surface area contributed by atoms with E-state index >= 15 is 0 Å². The topological polar surface area (TPSA) is 19.4 Å². The molecule has 0 atom stereocenters. The van der Waals surface area contributed by atoms with Crippen LogP contribution >= 0.6 is 0 Å². The highest BCUT2D eigenvalue weighted by molar-refractivity contribution is 5.73. The smallest absolute Gasteiger partial charge is 0.0635 e. The zero-order chi connectivity index (χ0) is 19.9. The van der Waals surface area contributed by atoms with E-state index in [0.29, 0.717) is 0 Å². The van der Waals surface area contributed by atoms with Crippen molar-refractivity contribution in [2.75, 3.05) is 38.0 Å². The molecule has 0 radical (unpaired) electrons. The normalized spacial score (nSPS) is 11.3. The van der Waals surface area contributed by atoms with Gasteiger partial charge in [0.1, 0.15) is 0 Å². The van der Waals surface area contributed by atoms with Crippen molar-refractivity contribution in [1.29, 1.82) is 0 Å². The summed E-state index contributed by atoms with van der Waals surface area (Å²) < 4.78 is 0. The molecule has 0 aliphatic rings. The lowest BCUT2D eigenvalue weighted by molar-refractivity contribution is 1.13. The summed E-state index contributed by atoms with van der Waals surface area (Å²) in [6.07, 6.45) is 10.2. The van der Waals surface area contributed by atoms with Crippen LogP contribution in [0.4, 0.5) is 11.4 Å². The van der Waals surface area contributed by atoms with E-state index < -0.39 is 0 Å². The Morgan fingerprint density at radius 2 is 1.04 bits per heavy atom. The summed E-state index contributed by atoms with van der Waals surface area (Å²) in [4.78, 5) is 8.65. The van der Waals surface area contributed by atoms with Crippen LogP contribution in [0.2, 0.25) is 0 Å². The Morgan fingerprint density at radius 3 is 1.54 bits per heavy atom. The van der Waals surface area contributed by atoms with Gasteiger partial charge in [-0.15, -0.1) is 0 Å². The number of hydrogen-bond donors (Lipinski definition) is 0. The Kier molecular flexibility index (Phi) is 6.28. The minimum atomic E-state index is 0.946. The van der Waals surface area contributed by atoms with E-state index in [1.807, 2.05) is 46.5 Å². The van der Waals surface area contributed by atoms with Gasteiger partial charge in [0.05, 0.1) is 5.69 Å². The van der Waals surface area contributed by atoms with E-state index in [1.165, 1.54) is 16.9 Å². The largest absolute Gasteiger partial charge is 0.378 e. The summed E-state index contributed by atoms with van der Waals surface area (Å²) in [6.45, 7) is 0. The second kappa shape index (κ2) is 9.05. The van der Waals surface area contributed by atoms with E-state index in [9.17, 15) is 0 Å². The highest BCUT2D eigenvalue weighted by Gasteiger charge is 1.96. The Bertz CT molecular complexity index is 873. The van der Waals surface area contributed by atoms with Gasteiger partial charge in [-0.05, 0) is 59.2 Å². The van der Waals surface area contributed by atoms with Crippen molar-refractivity contribution in [2.24, 2.45) is 0 Å². The van der Waals surface area contributed by atoms with E-state index in [0.717, 1.165) is 16.8 Å². The van der Waals surface area contributed by atoms with Crippen LogP contribution in [0.15, 0.2) is 66.9 Å². The van der Waals surface area contributed by atoms with E-state index in [2.05, 4.69) is 87.6 Å². The molecule has 0 bridgehead atoms. The van der Waals surface area contributed by atoms with Gasteiger partial charge in [-0.2, -0.15) is 0 Å². The summed E-state index contributed by atoms with van der Waals surface area (Å²) in [6, 6.07) is 21.1. The maximum absolute atomic E-state index is 4.45. The molecule has 0 aliphatic carbocycles. The van der Waals surface area contributed by atoms with Crippen LogP contribution in [-0.4, -0.2) is 33.2 Å². The van der Waals surface area contributed by atoms with Gasteiger partial charge in [0, 0.05) is 45.8 Å². The van der Waals surface area contributed by atoms with Crippen molar-refractivity contribution in [3.8, 4) is 0 Å². The van der Waals surface area contributed by atoms with Gasteiger partial charge in [0.2, 0.25) is 0 Å². The van der Waals surface area contributed by atoms with Crippen LogP contribution in [0.1, 0.15) is 22.4 Å². The summed E-state index contributed by atoms with van der Waals surface area (Å²) in [5, 5.41) is 0. The molecule has 0 spiro atoms. The number of rotatable bonds is 6. The van der Waals surface area contributed by atoms with Crippen LogP contribution < -0.4 is 9.80 Å². The second-order valence-electron chi connectivity index (χ2n) is 7.15. The van der Waals surface area contributed by atoms with Gasteiger partial charge in [0.15, 0.2) is 0 Å². The van der Waals surface area contributed by atoms with Crippen molar-refractivity contribution in [3.63, 3.8) is 0 Å². The number of aromatic nitrogens is 1. The third-order valence-electron chi connectivity index (χ3n) is 4.54. The number of pyridine rings is 1. The van der Waals surface area contributed by atoms with Gasteiger partial charge in [-0.25, -0.2) is 0 Å². The lowest BCUT2D eigenvalue weighted by atomic mass is 10.1. The van der Waals surface area contributed by atoms with Crippen LogP contribution in [-0.2, 0) is 0 Å². The first kappa shape index (κ1) is 19.4. The zero-order valence-corrected chi connectivity index (χ0v) is 17.0. The quantitative estimate of drug-likeness (QED) is 0.567. The fourth-order valence-electron chi connectivity index (χ4n) is 2.80. The average molecular weight is 370 g/mol. The lowest BCUT2D eigenvalue weighted by Crippen LogP contribution is -2.07. The predicted octanol–water partition coefficient (Wildman–Crippen LogP) is 5.55. The van der Waals surface area contributed by atoms with Crippen LogP contribution in [0.3, 0.4) is 0 Å². The average Bonchev–Trinajstić information content (AvgIpc) is 2.71. The zero-order valence-electron chi connectivity index (χ0n) is 17.0.